The molecule has 0 bridgehead atoms. The molecule has 0 saturated carbocycles. The molecule has 0 aliphatic rings. The third kappa shape index (κ3) is 3.38. The Balaban J connectivity index is 1.99. The lowest BCUT2D eigenvalue weighted by Gasteiger charge is -2.13. The fourth-order valence-electron chi connectivity index (χ4n) is 2.63. The Morgan fingerprint density at radius 3 is 2.76 bits per heavy atom. The first kappa shape index (κ1) is 16.7. The Morgan fingerprint density at radius 2 is 2.00 bits per heavy atom. The van der Waals surface area contributed by atoms with Gasteiger partial charge in [0.2, 0.25) is 0 Å². The number of hydrogen-bond acceptors (Lipinski definition) is 6. The minimum absolute atomic E-state index is 0.257. The predicted molar refractivity (Wildman–Crippen MR) is 96.5 cm³/mol. The van der Waals surface area contributed by atoms with Crippen LogP contribution in [0.3, 0.4) is 0 Å². The van der Waals surface area contributed by atoms with Crippen LogP contribution >= 0.6 is 0 Å². The monoisotopic (exact) mass is 337 g/mol. The SMILES string of the molecule is CCOC(=O)c1ncnc(Nc2cc(OC)c3ccccc3c2)c1C. The Hall–Kier alpha value is -3.15. The molecule has 3 rings (SSSR count). The van der Waals surface area contributed by atoms with Crippen LogP contribution in [0.5, 0.6) is 5.75 Å². The number of anilines is 2. The van der Waals surface area contributed by atoms with E-state index in [1.807, 2.05) is 36.4 Å². The Morgan fingerprint density at radius 1 is 1.20 bits per heavy atom. The van der Waals surface area contributed by atoms with Crippen LogP contribution in [0.1, 0.15) is 23.0 Å². The van der Waals surface area contributed by atoms with E-state index in [2.05, 4.69) is 15.3 Å². The molecular formula is C19H19N3O3. The summed E-state index contributed by atoms with van der Waals surface area (Å²) in [7, 11) is 1.64. The van der Waals surface area contributed by atoms with E-state index in [9.17, 15) is 4.79 Å². The minimum atomic E-state index is -0.457. The summed E-state index contributed by atoms with van der Waals surface area (Å²) in [6.07, 6.45) is 1.35. The van der Waals surface area contributed by atoms with E-state index < -0.39 is 5.97 Å². The molecule has 1 heterocycles. The van der Waals surface area contributed by atoms with Gasteiger partial charge in [-0.3, -0.25) is 0 Å². The highest BCUT2D eigenvalue weighted by Crippen LogP contribution is 2.31. The van der Waals surface area contributed by atoms with Crippen molar-refractivity contribution in [3.8, 4) is 5.75 Å². The van der Waals surface area contributed by atoms with E-state index in [0.29, 0.717) is 18.0 Å². The van der Waals surface area contributed by atoms with E-state index in [1.165, 1.54) is 6.33 Å². The number of nitrogens with one attached hydrogen (secondary N) is 1. The van der Waals surface area contributed by atoms with Crippen molar-refractivity contribution in [2.45, 2.75) is 13.8 Å². The summed E-state index contributed by atoms with van der Waals surface area (Å²) in [6.45, 7) is 3.84. The van der Waals surface area contributed by atoms with E-state index in [-0.39, 0.29) is 5.69 Å². The van der Waals surface area contributed by atoms with Crippen molar-refractivity contribution in [3.05, 3.63) is 54.0 Å². The number of hydrogen-bond donors (Lipinski definition) is 1. The first-order chi connectivity index (χ1) is 12.1. The lowest BCUT2D eigenvalue weighted by molar-refractivity contribution is 0.0518. The molecule has 1 aromatic heterocycles. The summed E-state index contributed by atoms with van der Waals surface area (Å²) < 4.78 is 10.5. The van der Waals surface area contributed by atoms with Crippen molar-refractivity contribution in [2.75, 3.05) is 19.0 Å². The van der Waals surface area contributed by atoms with Crippen LogP contribution in [-0.2, 0) is 4.74 Å². The lowest BCUT2D eigenvalue weighted by atomic mass is 10.1. The van der Waals surface area contributed by atoms with Crippen molar-refractivity contribution < 1.29 is 14.3 Å². The number of esters is 1. The average molecular weight is 337 g/mol. The number of rotatable bonds is 5. The Labute approximate surface area is 145 Å². The maximum atomic E-state index is 12.0. The fraction of sp³-hybridized carbons (Fsp3) is 0.211. The van der Waals surface area contributed by atoms with Gasteiger partial charge in [-0.15, -0.1) is 0 Å². The van der Waals surface area contributed by atoms with Gasteiger partial charge in [-0.05, 0) is 25.3 Å². The third-order valence-corrected chi connectivity index (χ3v) is 3.86. The standard InChI is InChI=1S/C19H19N3O3/c1-4-25-19(23)17-12(2)18(21-11-20-17)22-14-9-13-7-5-6-8-15(13)16(10-14)24-3/h5-11H,4H2,1-3H3,(H,20,21,22). The maximum absolute atomic E-state index is 12.0. The number of methoxy groups -OCH3 is 1. The molecule has 6 nitrogen and oxygen atoms in total. The summed E-state index contributed by atoms with van der Waals surface area (Å²) in [6, 6.07) is 11.9. The normalized spacial score (nSPS) is 10.5. The number of carbonyl (C=O) groups excluding carboxylic acids is 1. The zero-order valence-corrected chi connectivity index (χ0v) is 14.4. The molecule has 2 aromatic carbocycles. The molecular weight excluding hydrogens is 318 g/mol. The van der Waals surface area contributed by atoms with Gasteiger partial charge in [0.1, 0.15) is 17.9 Å². The third-order valence-electron chi connectivity index (χ3n) is 3.86. The predicted octanol–water partition coefficient (Wildman–Crippen LogP) is 3.87. The first-order valence-corrected chi connectivity index (χ1v) is 7.96. The molecule has 0 amide bonds. The van der Waals surface area contributed by atoms with E-state index in [4.69, 9.17) is 9.47 Å². The molecule has 25 heavy (non-hydrogen) atoms. The topological polar surface area (TPSA) is 73.3 Å². The van der Waals surface area contributed by atoms with Gasteiger partial charge in [0, 0.05) is 22.7 Å². The van der Waals surface area contributed by atoms with Gasteiger partial charge in [-0.25, -0.2) is 14.8 Å². The number of aromatic nitrogens is 2. The summed E-state index contributed by atoms with van der Waals surface area (Å²) in [4.78, 5) is 20.3. The number of benzene rings is 2. The number of carbonyl (C=O) groups is 1. The number of fused-ring (bicyclic) bond motifs is 1. The molecule has 128 valence electrons. The van der Waals surface area contributed by atoms with Crippen LogP contribution in [0.4, 0.5) is 11.5 Å². The molecule has 6 heteroatoms. The molecule has 0 atom stereocenters. The van der Waals surface area contributed by atoms with Gasteiger partial charge < -0.3 is 14.8 Å². The van der Waals surface area contributed by atoms with Gasteiger partial charge in [-0.1, -0.05) is 24.3 Å². The first-order valence-electron chi connectivity index (χ1n) is 7.96. The summed E-state index contributed by atoms with van der Waals surface area (Å²) in [5, 5.41) is 5.31. The number of nitrogens with zero attached hydrogens (tertiary/aromatic N) is 2. The summed E-state index contributed by atoms with van der Waals surface area (Å²) in [5.74, 6) is 0.856. The Bertz CT molecular complexity index is 925. The van der Waals surface area contributed by atoms with Crippen LogP contribution < -0.4 is 10.1 Å². The smallest absolute Gasteiger partial charge is 0.357 e. The highest BCUT2D eigenvalue weighted by Gasteiger charge is 2.16. The highest BCUT2D eigenvalue weighted by atomic mass is 16.5. The molecule has 0 fully saturated rings. The Kier molecular flexibility index (Phi) is 4.79. The van der Waals surface area contributed by atoms with Crippen LogP contribution in [0.15, 0.2) is 42.7 Å². The largest absolute Gasteiger partial charge is 0.496 e. The van der Waals surface area contributed by atoms with Crippen molar-refractivity contribution in [1.82, 2.24) is 9.97 Å². The quantitative estimate of drug-likeness (QED) is 0.713. The molecule has 3 aromatic rings. The molecule has 0 aliphatic heterocycles. The lowest BCUT2D eigenvalue weighted by Crippen LogP contribution is -2.11. The van der Waals surface area contributed by atoms with Crippen molar-refractivity contribution in [1.29, 1.82) is 0 Å². The number of ether oxygens (including phenoxy) is 2. The molecule has 0 saturated heterocycles. The molecule has 0 unspecified atom stereocenters. The second-order valence-electron chi connectivity index (χ2n) is 5.44. The highest BCUT2D eigenvalue weighted by molar-refractivity contribution is 5.93. The zero-order valence-electron chi connectivity index (χ0n) is 14.4. The van der Waals surface area contributed by atoms with E-state index in [1.54, 1.807) is 21.0 Å². The minimum Gasteiger partial charge on any atom is -0.496 e. The van der Waals surface area contributed by atoms with Gasteiger partial charge in [0.05, 0.1) is 13.7 Å². The molecule has 0 spiro atoms. The maximum Gasteiger partial charge on any atom is 0.357 e. The zero-order chi connectivity index (χ0) is 17.8. The fourth-order valence-corrected chi connectivity index (χ4v) is 2.63. The van der Waals surface area contributed by atoms with Crippen LogP contribution in [-0.4, -0.2) is 29.7 Å². The van der Waals surface area contributed by atoms with Gasteiger partial charge in [0.15, 0.2) is 5.69 Å². The van der Waals surface area contributed by atoms with Crippen molar-refractivity contribution in [3.63, 3.8) is 0 Å². The molecule has 1 N–H and O–H groups in total. The van der Waals surface area contributed by atoms with Gasteiger partial charge >= 0.3 is 5.97 Å². The summed E-state index contributed by atoms with van der Waals surface area (Å²) in [5.41, 5.74) is 1.70. The van der Waals surface area contributed by atoms with Crippen LogP contribution in [0.2, 0.25) is 0 Å². The molecule has 0 aliphatic carbocycles. The van der Waals surface area contributed by atoms with Crippen LogP contribution in [0.25, 0.3) is 10.8 Å². The summed E-state index contributed by atoms with van der Waals surface area (Å²) >= 11 is 0. The van der Waals surface area contributed by atoms with Crippen molar-refractivity contribution >= 4 is 28.2 Å². The van der Waals surface area contributed by atoms with Gasteiger partial charge in [0.25, 0.3) is 0 Å². The molecule has 0 radical (unpaired) electrons. The van der Waals surface area contributed by atoms with Crippen molar-refractivity contribution in [2.24, 2.45) is 0 Å². The van der Waals surface area contributed by atoms with Crippen LogP contribution in [0, 0.1) is 6.92 Å². The van der Waals surface area contributed by atoms with E-state index >= 15 is 0 Å². The van der Waals surface area contributed by atoms with E-state index in [0.717, 1.165) is 22.2 Å². The average Bonchev–Trinajstić information content (AvgIpc) is 2.63. The second kappa shape index (κ2) is 7.17. The van der Waals surface area contributed by atoms with Gasteiger partial charge in [-0.2, -0.15) is 0 Å². The second-order valence-corrected chi connectivity index (χ2v) is 5.44.